The minimum Gasteiger partial charge on any atom is -0.389 e. The third-order valence-electron chi connectivity index (χ3n) is 3.48. The minimum absolute atomic E-state index is 0.465. The second kappa shape index (κ2) is 5.51. The molecule has 3 heteroatoms. The molecule has 0 saturated heterocycles. The van der Waals surface area contributed by atoms with E-state index in [1.807, 2.05) is 12.4 Å². The van der Waals surface area contributed by atoms with Gasteiger partial charge in [0.15, 0.2) is 0 Å². The zero-order valence-electron chi connectivity index (χ0n) is 9.84. The lowest BCUT2D eigenvalue weighted by Gasteiger charge is -2.26. The van der Waals surface area contributed by atoms with Crippen LogP contribution in [0, 0.1) is 0 Å². The van der Waals surface area contributed by atoms with Gasteiger partial charge in [-0.3, -0.25) is 0 Å². The first-order valence-corrected chi connectivity index (χ1v) is 6.33. The van der Waals surface area contributed by atoms with Crippen LogP contribution < -0.4 is 5.32 Å². The van der Waals surface area contributed by atoms with E-state index in [2.05, 4.69) is 16.4 Å². The number of aromatic nitrogens is 1. The van der Waals surface area contributed by atoms with Gasteiger partial charge in [0.1, 0.15) is 0 Å². The maximum Gasteiger partial charge on any atom is 0.0771 e. The van der Waals surface area contributed by atoms with Gasteiger partial charge in [-0.1, -0.05) is 25.7 Å². The lowest BCUT2D eigenvalue weighted by molar-refractivity contribution is 0.0250. The molecule has 0 aliphatic heterocycles. The number of aliphatic hydroxyl groups is 1. The molecule has 3 N–H and O–H groups in total. The average Bonchev–Trinajstić information content (AvgIpc) is 2.68. The van der Waals surface area contributed by atoms with Crippen molar-refractivity contribution in [2.75, 3.05) is 6.54 Å². The molecule has 1 saturated carbocycles. The highest BCUT2D eigenvalue weighted by Crippen LogP contribution is 2.26. The van der Waals surface area contributed by atoms with Crippen LogP contribution >= 0.6 is 0 Å². The van der Waals surface area contributed by atoms with Gasteiger partial charge in [0.05, 0.1) is 5.60 Å². The fraction of sp³-hybridized carbons (Fsp3) is 0.692. The predicted octanol–water partition coefficient (Wildman–Crippen LogP) is 2.19. The summed E-state index contributed by atoms with van der Waals surface area (Å²) in [6.45, 7) is 1.56. The Morgan fingerprint density at radius 3 is 2.62 bits per heavy atom. The topological polar surface area (TPSA) is 48.0 Å². The molecule has 1 aliphatic carbocycles. The molecule has 0 aromatic carbocycles. The third kappa shape index (κ3) is 3.35. The molecule has 0 radical (unpaired) electrons. The largest absolute Gasteiger partial charge is 0.389 e. The first kappa shape index (κ1) is 11.7. The van der Waals surface area contributed by atoms with Crippen molar-refractivity contribution in [1.82, 2.24) is 10.3 Å². The molecular formula is C13H22N2O. The van der Waals surface area contributed by atoms with Crippen LogP contribution in [0.25, 0.3) is 0 Å². The first-order valence-electron chi connectivity index (χ1n) is 6.33. The number of nitrogens with one attached hydrogen (secondary N) is 2. The third-order valence-corrected chi connectivity index (χ3v) is 3.48. The average molecular weight is 222 g/mol. The van der Waals surface area contributed by atoms with Crippen LogP contribution in [-0.4, -0.2) is 22.2 Å². The Kier molecular flexibility index (Phi) is 4.02. The summed E-state index contributed by atoms with van der Waals surface area (Å²) in [7, 11) is 0. The number of rotatable bonds is 4. The van der Waals surface area contributed by atoms with Crippen LogP contribution in [0.3, 0.4) is 0 Å². The number of aromatic amines is 1. The molecule has 0 bridgehead atoms. The molecule has 1 aliphatic rings. The van der Waals surface area contributed by atoms with Gasteiger partial charge < -0.3 is 15.4 Å². The Bertz CT molecular complexity index is 287. The van der Waals surface area contributed by atoms with E-state index in [0.29, 0.717) is 0 Å². The standard InChI is InChI=1S/C13H22N2O/c16-13(6-3-1-2-4-7-13)11-15-10-12-5-8-14-9-12/h5,8-9,14-16H,1-4,6-7,10-11H2. The van der Waals surface area contributed by atoms with Gasteiger partial charge in [-0.15, -0.1) is 0 Å². The van der Waals surface area contributed by atoms with Gasteiger partial charge in [0, 0.05) is 25.5 Å². The second-order valence-electron chi connectivity index (χ2n) is 4.96. The van der Waals surface area contributed by atoms with Gasteiger partial charge in [-0.05, 0) is 24.5 Å². The molecule has 0 amide bonds. The predicted molar refractivity (Wildman–Crippen MR) is 65.2 cm³/mol. The highest BCUT2D eigenvalue weighted by atomic mass is 16.3. The maximum absolute atomic E-state index is 10.4. The fourth-order valence-electron chi connectivity index (χ4n) is 2.47. The maximum atomic E-state index is 10.4. The summed E-state index contributed by atoms with van der Waals surface area (Å²) in [5, 5.41) is 13.8. The fourth-order valence-corrected chi connectivity index (χ4v) is 2.47. The van der Waals surface area contributed by atoms with E-state index in [-0.39, 0.29) is 0 Å². The van der Waals surface area contributed by atoms with Crippen molar-refractivity contribution < 1.29 is 5.11 Å². The van der Waals surface area contributed by atoms with Gasteiger partial charge in [-0.25, -0.2) is 0 Å². The normalized spacial score (nSPS) is 20.6. The van der Waals surface area contributed by atoms with E-state index in [9.17, 15) is 5.11 Å². The van der Waals surface area contributed by atoms with Gasteiger partial charge >= 0.3 is 0 Å². The second-order valence-corrected chi connectivity index (χ2v) is 4.96. The Labute approximate surface area is 97.3 Å². The highest BCUT2D eigenvalue weighted by Gasteiger charge is 2.27. The Hall–Kier alpha value is -0.800. The summed E-state index contributed by atoms with van der Waals surface area (Å²) in [6, 6.07) is 2.06. The van der Waals surface area contributed by atoms with E-state index in [1.165, 1.54) is 31.2 Å². The van der Waals surface area contributed by atoms with Crippen molar-refractivity contribution in [2.45, 2.75) is 50.7 Å². The molecule has 0 atom stereocenters. The number of hydrogen-bond acceptors (Lipinski definition) is 2. The van der Waals surface area contributed by atoms with Gasteiger partial charge in [0.2, 0.25) is 0 Å². The number of hydrogen-bond donors (Lipinski definition) is 3. The monoisotopic (exact) mass is 222 g/mol. The van der Waals surface area contributed by atoms with Crippen LogP contribution in [0.5, 0.6) is 0 Å². The van der Waals surface area contributed by atoms with Crippen molar-refractivity contribution in [3.8, 4) is 0 Å². The van der Waals surface area contributed by atoms with Gasteiger partial charge in [0.25, 0.3) is 0 Å². The highest BCUT2D eigenvalue weighted by molar-refractivity contribution is 5.07. The van der Waals surface area contributed by atoms with Crippen LogP contribution in [-0.2, 0) is 6.54 Å². The van der Waals surface area contributed by atoms with E-state index in [0.717, 1.165) is 25.9 Å². The Morgan fingerprint density at radius 2 is 2.00 bits per heavy atom. The minimum atomic E-state index is -0.465. The molecule has 0 spiro atoms. The van der Waals surface area contributed by atoms with Gasteiger partial charge in [-0.2, -0.15) is 0 Å². The summed E-state index contributed by atoms with van der Waals surface area (Å²) < 4.78 is 0. The van der Waals surface area contributed by atoms with Crippen LogP contribution in [0.15, 0.2) is 18.5 Å². The van der Waals surface area contributed by atoms with Crippen LogP contribution in [0.1, 0.15) is 44.1 Å². The van der Waals surface area contributed by atoms with E-state index in [4.69, 9.17) is 0 Å². The van der Waals surface area contributed by atoms with Crippen molar-refractivity contribution in [1.29, 1.82) is 0 Å². The Morgan fingerprint density at radius 1 is 1.25 bits per heavy atom. The van der Waals surface area contributed by atoms with Crippen LogP contribution in [0.2, 0.25) is 0 Å². The smallest absolute Gasteiger partial charge is 0.0771 e. The summed E-state index contributed by atoms with van der Waals surface area (Å²) in [5.41, 5.74) is 0.782. The van der Waals surface area contributed by atoms with E-state index in [1.54, 1.807) is 0 Å². The van der Waals surface area contributed by atoms with Crippen molar-refractivity contribution in [3.63, 3.8) is 0 Å². The molecule has 16 heavy (non-hydrogen) atoms. The molecular weight excluding hydrogens is 200 g/mol. The van der Waals surface area contributed by atoms with Crippen LogP contribution in [0.4, 0.5) is 0 Å². The lowest BCUT2D eigenvalue weighted by Crippen LogP contribution is -2.39. The molecule has 1 fully saturated rings. The van der Waals surface area contributed by atoms with Crippen molar-refractivity contribution >= 4 is 0 Å². The molecule has 1 heterocycles. The van der Waals surface area contributed by atoms with E-state index >= 15 is 0 Å². The molecule has 3 nitrogen and oxygen atoms in total. The lowest BCUT2D eigenvalue weighted by atomic mass is 9.94. The zero-order valence-corrected chi connectivity index (χ0v) is 9.84. The molecule has 2 rings (SSSR count). The molecule has 0 unspecified atom stereocenters. The summed E-state index contributed by atoms with van der Waals surface area (Å²) in [4.78, 5) is 3.04. The summed E-state index contributed by atoms with van der Waals surface area (Å²) in [6.07, 6.45) is 10.7. The van der Waals surface area contributed by atoms with E-state index < -0.39 is 5.60 Å². The van der Waals surface area contributed by atoms with Crippen molar-refractivity contribution in [3.05, 3.63) is 24.0 Å². The number of H-pyrrole nitrogens is 1. The quantitative estimate of drug-likeness (QED) is 0.684. The first-order chi connectivity index (χ1) is 7.79. The van der Waals surface area contributed by atoms with Crippen molar-refractivity contribution in [2.24, 2.45) is 0 Å². The summed E-state index contributed by atoms with van der Waals surface area (Å²) >= 11 is 0. The molecule has 1 aromatic rings. The molecule has 1 aromatic heterocycles. The zero-order chi connectivity index (χ0) is 11.3. The Balaban J connectivity index is 1.75. The summed E-state index contributed by atoms with van der Waals surface area (Å²) in [5.74, 6) is 0. The SMILES string of the molecule is OC1(CNCc2cc[nH]c2)CCCCCC1. The molecule has 90 valence electrons.